The van der Waals surface area contributed by atoms with Crippen molar-refractivity contribution in [3.8, 4) is 17.6 Å². The smallest absolute Gasteiger partial charge is 0.224 e. The van der Waals surface area contributed by atoms with Gasteiger partial charge >= 0.3 is 0 Å². The molecule has 2 aromatic carbocycles. The van der Waals surface area contributed by atoms with Gasteiger partial charge in [0.05, 0.1) is 16.7 Å². The molecular weight excluding hydrogens is 288 g/mol. The van der Waals surface area contributed by atoms with Crippen LogP contribution < -0.4 is 10.1 Å². The second kappa shape index (κ2) is 6.78. The molecule has 0 heterocycles. The molecule has 0 aliphatic rings. The van der Waals surface area contributed by atoms with Crippen LogP contribution in [0.2, 0.25) is 5.02 Å². The zero-order valence-electron chi connectivity index (χ0n) is 11.4. The number of amides is 1. The van der Waals surface area contributed by atoms with Crippen LogP contribution in [0.5, 0.6) is 11.5 Å². The van der Waals surface area contributed by atoms with Gasteiger partial charge in [0.15, 0.2) is 0 Å². The monoisotopic (exact) mass is 300 g/mol. The quantitative estimate of drug-likeness (QED) is 0.913. The number of nitrogens with one attached hydrogen (secondary N) is 1. The summed E-state index contributed by atoms with van der Waals surface area (Å²) in [6, 6.07) is 13.8. The van der Waals surface area contributed by atoms with Crippen molar-refractivity contribution in [2.24, 2.45) is 0 Å². The lowest BCUT2D eigenvalue weighted by atomic mass is 10.2. The number of rotatable bonds is 4. The Hall–Kier alpha value is -2.51. The van der Waals surface area contributed by atoms with Crippen LogP contribution in [0.4, 0.5) is 5.69 Å². The SMILES string of the molecule is CCC(=O)Nc1ccc(Oc2ccc(C#N)cc2)c(Cl)c1. The molecule has 21 heavy (non-hydrogen) atoms. The lowest BCUT2D eigenvalue weighted by Gasteiger charge is -2.10. The summed E-state index contributed by atoms with van der Waals surface area (Å²) in [7, 11) is 0. The van der Waals surface area contributed by atoms with Crippen molar-refractivity contribution in [3.63, 3.8) is 0 Å². The zero-order valence-corrected chi connectivity index (χ0v) is 12.1. The van der Waals surface area contributed by atoms with Crippen LogP contribution in [0.25, 0.3) is 0 Å². The summed E-state index contributed by atoms with van der Waals surface area (Å²) in [5, 5.41) is 11.9. The lowest BCUT2D eigenvalue weighted by Crippen LogP contribution is -2.09. The molecule has 0 spiro atoms. The molecule has 0 aromatic heterocycles. The molecule has 0 fully saturated rings. The van der Waals surface area contributed by atoms with E-state index >= 15 is 0 Å². The predicted molar refractivity (Wildman–Crippen MR) is 81.6 cm³/mol. The van der Waals surface area contributed by atoms with Crippen LogP contribution in [0.15, 0.2) is 42.5 Å². The maximum Gasteiger partial charge on any atom is 0.224 e. The fraction of sp³-hybridized carbons (Fsp3) is 0.125. The van der Waals surface area contributed by atoms with Gasteiger partial charge in [-0.2, -0.15) is 5.26 Å². The first kappa shape index (κ1) is 14.9. The van der Waals surface area contributed by atoms with Crippen LogP contribution >= 0.6 is 11.6 Å². The number of nitriles is 1. The number of anilines is 1. The number of halogens is 1. The van der Waals surface area contributed by atoms with E-state index < -0.39 is 0 Å². The molecule has 0 saturated carbocycles. The highest BCUT2D eigenvalue weighted by Crippen LogP contribution is 2.31. The normalized spacial score (nSPS) is 9.76. The van der Waals surface area contributed by atoms with Gasteiger partial charge in [-0.05, 0) is 42.5 Å². The Morgan fingerprint density at radius 2 is 2.00 bits per heavy atom. The summed E-state index contributed by atoms with van der Waals surface area (Å²) in [5.41, 5.74) is 1.19. The Labute approximate surface area is 127 Å². The molecule has 0 bridgehead atoms. The standard InChI is InChI=1S/C16H13ClN2O2/c1-2-16(20)19-12-5-8-15(14(17)9-12)21-13-6-3-11(10-18)4-7-13/h3-9H,2H2,1H3,(H,19,20). The number of nitrogens with zero attached hydrogens (tertiary/aromatic N) is 1. The van der Waals surface area contributed by atoms with Gasteiger partial charge in [-0.15, -0.1) is 0 Å². The Kier molecular flexibility index (Phi) is 4.81. The highest BCUT2D eigenvalue weighted by molar-refractivity contribution is 6.32. The largest absolute Gasteiger partial charge is 0.456 e. The molecule has 1 amide bonds. The highest BCUT2D eigenvalue weighted by atomic mass is 35.5. The van der Waals surface area contributed by atoms with Crippen LogP contribution in [0.3, 0.4) is 0 Å². The van der Waals surface area contributed by atoms with E-state index in [0.29, 0.717) is 34.2 Å². The van der Waals surface area contributed by atoms with Crippen molar-refractivity contribution in [1.29, 1.82) is 5.26 Å². The topological polar surface area (TPSA) is 62.1 Å². The van der Waals surface area contributed by atoms with Gasteiger partial charge in [-0.1, -0.05) is 18.5 Å². The van der Waals surface area contributed by atoms with Crippen LogP contribution in [0.1, 0.15) is 18.9 Å². The van der Waals surface area contributed by atoms with Crippen molar-refractivity contribution >= 4 is 23.2 Å². The van der Waals surface area contributed by atoms with E-state index in [2.05, 4.69) is 5.32 Å². The van der Waals surface area contributed by atoms with E-state index in [1.165, 1.54) is 0 Å². The molecule has 0 unspecified atom stereocenters. The van der Waals surface area contributed by atoms with Gasteiger partial charge in [-0.25, -0.2) is 0 Å². The molecule has 4 nitrogen and oxygen atoms in total. The van der Waals surface area contributed by atoms with Crippen LogP contribution in [-0.2, 0) is 4.79 Å². The molecule has 1 N–H and O–H groups in total. The number of hydrogen-bond donors (Lipinski definition) is 1. The van der Waals surface area contributed by atoms with Crippen LogP contribution in [0, 0.1) is 11.3 Å². The third kappa shape index (κ3) is 3.98. The molecule has 0 aliphatic heterocycles. The predicted octanol–water partition coefficient (Wildman–Crippen LogP) is 4.35. The van der Waals surface area contributed by atoms with Gasteiger partial charge in [0.2, 0.25) is 5.91 Å². The van der Waals surface area contributed by atoms with Gasteiger partial charge in [0, 0.05) is 12.1 Å². The highest BCUT2D eigenvalue weighted by Gasteiger charge is 2.06. The maximum atomic E-state index is 11.3. The number of carbonyl (C=O) groups is 1. The third-order valence-electron chi connectivity index (χ3n) is 2.75. The Morgan fingerprint density at radius 3 is 2.57 bits per heavy atom. The average molecular weight is 301 g/mol. The molecular formula is C16H13ClN2O2. The maximum absolute atomic E-state index is 11.3. The summed E-state index contributed by atoms with van der Waals surface area (Å²) in [5.74, 6) is 0.990. The molecule has 0 aliphatic carbocycles. The number of hydrogen-bond acceptors (Lipinski definition) is 3. The fourth-order valence-electron chi connectivity index (χ4n) is 1.64. The minimum Gasteiger partial charge on any atom is -0.456 e. The minimum atomic E-state index is -0.0770. The summed E-state index contributed by atoms with van der Waals surface area (Å²) in [4.78, 5) is 11.3. The van der Waals surface area contributed by atoms with Gasteiger partial charge < -0.3 is 10.1 Å². The second-order valence-electron chi connectivity index (χ2n) is 4.29. The first-order valence-corrected chi connectivity index (χ1v) is 6.77. The summed E-state index contributed by atoms with van der Waals surface area (Å²) >= 11 is 6.14. The molecule has 5 heteroatoms. The minimum absolute atomic E-state index is 0.0770. The average Bonchev–Trinajstić information content (AvgIpc) is 2.50. The van der Waals surface area contributed by atoms with Crippen molar-refractivity contribution in [2.75, 3.05) is 5.32 Å². The van der Waals surface area contributed by atoms with Crippen molar-refractivity contribution in [1.82, 2.24) is 0 Å². The third-order valence-corrected chi connectivity index (χ3v) is 3.04. The summed E-state index contributed by atoms with van der Waals surface area (Å²) < 4.78 is 5.64. The lowest BCUT2D eigenvalue weighted by molar-refractivity contribution is -0.115. The van der Waals surface area contributed by atoms with E-state index in [-0.39, 0.29) is 5.91 Å². The second-order valence-corrected chi connectivity index (χ2v) is 4.69. The van der Waals surface area contributed by atoms with Gasteiger partial charge in [-0.3, -0.25) is 4.79 Å². The van der Waals surface area contributed by atoms with Crippen molar-refractivity contribution in [3.05, 3.63) is 53.1 Å². The van der Waals surface area contributed by atoms with E-state index in [1.54, 1.807) is 49.4 Å². The molecule has 2 rings (SSSR count). The molecule has 0 saturated heterocycles. The van der Waals surface area contributed by atoms with Crippen molar-refractivity contribution in [2.45, 2.75) is 13.3 Å². The Balaban J connectivity index is 2.13. The fourth-order valence-corrected chi connectivity index (χ4v) is 1.85. The van der Waals surface area contributed by atoms with Crippen LogP contribution in [-0.4, -0.2) is 5.91 Å². The molecule has 0 radical (unpaired) electrons. The molecule has 106 valence electrons. The summed E-state index contributed by atoms with van der Waals surface area (Å²) in [6.07, 6.45) is 0.404. The molecule has 0 atom stereocenters. The number of carbonyl (C=O) groups excluding carboxylic acids is 1. The number of ether oxygens (including phenoxy) is 1. The Bertz CT molecular complexity index is 690. The molecule has 2 aromatic rings. The van der Waals surface area contributed by atoms with Gasteiger partial charge in [0.1, 0.15) is 11.5 Å². The van der Waals surface area contributed by atoms with E-state index in [0.717, 1.165) is 0 Å². The Morgan fingerprint density at radius 1 is 1.29 bits per heavy atom. The number of benzene rings is 2. The first-order valence-electron chi connectivity index (χ1n) is 6.40. The first-order chi connectivity index (χ1) is 10.1. The van der Waals surface area contributed by atoms with E-state index in [4.69, 9.17) is 21.6 Å². The van der Waals surface area contributed by atoms with Crippen molar-refractivity contribution < 1.29 is 9.53 Å². The van der Waals surface area contributed by atoms with E-state index in [1.807, 2.05) is 6.07 Å². The van der Waals surface area contributed by atoms with E-state index in [9.17, 15) is 4.79 Å². The van der Waals surface area contributed by atoms with Gasteiger partial charge in [0.25, 0.3) is 0 Å². The zero-order chi connectivity index (χ0) is 15.2. The summed E-state index contributed by atoms with van der Waals surface area (Å²) in [6.45, 7) is 1.78.